The molecule has 0 N–H and O–H groups in total. The van der Waals surface area contributed by atoms with Gasteiger partial charge in [0.15, 0.2) is 0 Å². The summed E-state index contributed by atoms with van der Waals surface area (Å²) in [6.07, 6.45) is 3.95. The fraction of sp³-hybridized carbons (Fsp3) is 0.333. The summed E-state index contributed by atoms with van der Waals surface area (Å²) >= 11 is 1.59. The molecule has 0 radical (unpaired) electrons. The number of amides is 1. The third kappa shape index (κ3) is 2.82. The van der Waals surface area contributed by atoms with E-state index in [-0.39, 0.29) is 5.91 Å². The number of hydrogen-bond donors (Lipinski definition) is 0. The highest BCUT2D eigenvalue weighted by Gasteiger charge is 2.33. The SMILES string of the molecule is COc1cccc(C(=O)N(Cc2nccs2)C2CC2)c1. The highest BCUT2D eigenvalue weighted by atomic mass is 32.1. The van der Waals surface area contributed by atoms with Crippen LogP contribution in [0.1, 0.15) is 28.2 Å². The lowest BCUT2D eigenvalue weighted by atomic mass is 10.2. The second-order valence-electron chi connectivity index (χ2n) is 4.82. The highest BCUT2D eigenvalue weighted by molar-refractivity contribution is 7.09. The van der Waals surface area contributed by atoms with Gasteiger partial charge < -0.3 is 9.64 Å². The van der Waals surface area contributed by atoms with Crippen LogP contribution < -0.4 is 4.74 Å². The summed E-state index contributed by atoms with van der Waals surface area (Å²) in [7, 11) is 1.61. The van der Waals surface area contributed by atoms with Gasteiger partial charge in [0.1, 0.15) is 10.8 Å². The molecule has 1 aliphatic rings. The molecule has 0 aliphatic heterocycles. The predicted octanol–water partition coefficient (Wildman–Crippen LogP) is 2.96. The van der Waals surface area contributed by atoms with E-state index in [1.807, 2.05) is 28.5 Å². The number of methoxy groups -OCH3 is 1. The molecule has 3 rings (SSSR count). The maximum Gasteiger partial charge on any atom is 0.254 e. The van der Waals surface area contributed by atoms with E-state index in [1.54, 1.807) is 30.7 Å². The van der Waals surface area contributed by atoms with Crippen LogP contribution in [-0.2, 0) is 6.54 Å². The third-order valence-corrected chi connectivity index (χ3v) is 4.12. The molecule has 1 aliphatic carbocycles. The van der Waals surface area contributed by atoms with Crippen molar-refractivity contribution in [1.29, 1.82) is 0 Å². The second kappa shape index (κ2) is 5.63. The number of nitrogens with zero attached hydrogens (tertiary/aromatic N) is 2. The van der Waals surface area contributed by atoms with E-state index in [0.29, 0.717) is 23.9 Å². The molecule has 1 aromatic carbocycles. The molecule has 104 valence electrons. The number of thiazole rings is 1. The molecule has 1 fully saturated rings. The Hall–Kier alpha value is -1.88. The summed E-state index contributed by atoms with van der Waals surface area (Å²) in [5.41, 5.74) is 0.674. The van der Waals surface area contributed by atoms with E-state index in [4.69, 9.17) is 4.74 Å². The van der Waals surface area contributed by atoms with Crippen molar-refractivity contribution in [2.75, 3.05) is 7.11 Å². The lowest BCUT2D eigenvalue weighted by Gasteiger charge is -2.21. The summed E-state index contributed by atoms with van der Waals surface area (Å²) in [5.74, 6) is 0.766. The molecule has 0 saturated heterocycles. The van der Waals surface area contributed by atoms with E-state index in [0.717, 1.165) is 17.8 Å². The minimum absolute atomic E-state index is 0.0570. The second-order valence-corrected chi connectivity index (χ2v) is 5.80. The molecule has 20 heavy (non-hydrogen) atoms. The zero-order valence-corrected chi connectivity index (χ0v) is 12.1. The molecule has 1 amide bonds. The molecule has 1 heterocycles. The van der Waals surface area contributed by atoms with Gasteiger partial charge in [0.25, 0.3) is 5.91 Å². The van der Waals surface area contributed by atoms with Crippen LogP contribution in [0.2, 0.25) is 0 Å². The van der Waals surface area contributed by atoms with Crippen LogP contribution in [0, 0.1) is 0 Å². The van der Waals surface area contributed by atoms with Crippen LogP contribution in [-0.4, -0.2) is 28.9 Å². The van der Waals surface area contributed by atoms with Gasteiger partial charge in [-0.2, -0.15) is 0 Å². The highest BCUT2D eigenvalue weighted by Crippen LogP contribution is 2.30. The number of carbonyl (C=O) groups excluding carboxylic acids is 1. The van der Waals surface area contributed by atoms with E-state index >= 15 is 0 Å². The molecule has 4 nitrogen and oxygen atoms in total. The Morgan fingerprint density at radius 2 is 2.35 bits per heavy atom. The summed E-state index contributed by atoms with van der Waals surface area (Å²) in [5, 5.41) is 2.92. The molecule has 0 bridgehead atoms. The Kier molecular flexibility index (Phi) is 3.69. The quantitative estimate of drug-likeness (QED) is 0.849. The van der Waals surface area contributed by atoms with Gasteiger partial charge in [0.2, 0.25) is 0 Å². The van der Waals surface area contributed by atoms with Crippen molar-refractivity contribution in [2.24, 2.45) is 0 Å². The van der Waals surface area contributed by atoms with Crippen LogP contribution in [0.15, 0.2) is 35.8 Å². The molecule has 2 aromatic rings. The molecule has 0 unspecified atom stereocenters. The Morgan fingerprint density at radius 1 is 1.50 bits per heavy atom. The Balaban J connectivity index is 1.81. The largest absolute Gasteiger partial charge is 0.497 e. The molecule has 1 saturated carbocycles. The lowest BCUT2D eigenvalue weighted by molar-refractivity contribution is 0.0729. The maximum atomic E-state index is 12.7. The number of carbonyl (C=O) groups is 1. The monoisotopic (exact) mass is 288 g/mol. The molecule has 5 heteroatoms. The van der Waals surface area contributed by atoms with Gasteiger partial charge in [-0.05, 0) is 31.0 Å². The molecule has 0 atom stereocenters. The molecule has 0 spiro atoms. The Bertz CT molecular complexity index is 594. The Labute approximate surface area is 122 Å². The number of aromatic nitrogens is 1. The average Bonchev–Trinajstić information content (AvgIpc) is 3.20. The van der Waals surface area contributed by atoms with Crippen LogP contribution in [0.3, 0.4) is 0 Å². The number of ether oxygens (including phenoxy) is 1. The first-order valence-corrected chi connectivity index (χ1v) is 7.49. The zero-order chi connectivity index (χ0) is 13.9. The fourth-order valence-corrected chi connectivity index (χ4v) is 2.77. The fourth-order valence-electron chi connectivity index (χ4n) is 2.15. The minimum atomic E-state index is 0.0570. The van der Waals surface area contributed by atoms with E-state index in [2.05, 4.69) is 4.98 Å². The van der Waals surface area contributed by atoms with Gasteiger partial charge in [-0.25, -0.2) is 4.98 Å². The van der Waals surface area contributed by atoms with Gasteiger partial charge >= 0.3 is 0 Å². The summed E-state index contributed by atoms with van der Waals surface area (Å²) < 4.78 is 5.19. The Morgan fingerprint density at radius 3 is 3.00 bits per heavy atom. The van der Waals surface area contributed by atoms with Gasteiger partial charge in [-0.15, -0.1) is 11.3 Å². The van der Waals surface area contributed by atoms with Crippen LogP contribution >= 0.6 is 11.3 Å². The summed E-state index contributed by atoms with van der Waals surface area (Å²) in [6, 6.07) is 7.68. The molecular weight excluding hydrogens is 272 g/mol. The first-order chi connectivity index (χ1) is 9.78. The van der Waals surface area contributed by atoms with E-state index in [1.165, 1.54) is 0 Å². The minimum Gasteiger partial charge on any atom is -0.497 e. The summed E-state index contributed by atoms with van der Waals surface area (Å²) in [6.45, 7) is 0.596. The van der Waals surface area contributed by atoms with Crippen molar-refractivity contribution < 1.29 is 9.53 Å². The maximum absolute atomic E-state index is 12.7. The number of rotatable bonds is 5. The van der Waals surface area contributed by atoms with E-state index < -0.39 is 0 Å². The molecule has 1 aromatic heterocycles. The molecular formula is C15H16N2O2S. The van der Waals surface area contributed by atoms with Crippen molar-refractivity contribution in [3.63, 3.8) is 0 Å². The van der Waals surface area contributed by atoms with Crippen molar-refractivity contribution in [3.8, 4) is 5.75 Å². The standard InChI is InChI=1S/C15H16N2O2S/c1-19-13-4-2-3-11(9-13)15(18)17(12-5-6-12)10-14-16-7-8-20-14/h2-4,7-9,12H,5-6,10H2,1H3. The number of hydrogen-bond acceptors (Lipinski definition) is 4. The normalized spacial score (nSPS) is 14.1. The van der Waals surface area contributed by atoms with E-state index in [9.17, 15) is 4.79 Å². The van der Waals surface area contributed by atoms with Gasteiger partial charge in [-0.1, -0.05) is 6.07 Å². The summed E-state index contributed by atoms with van der Waals surface area (Å²) in [4.78, 5) is 18.9. The third-order valence-electron chi connectivity index (χ3n) is 3.35. The first-order valence-electron chi connectivity index (χ1n) is 6.61. The van der Waals surface area contributed by atoms with Crippen LogP contribution in [0.4, 0.5) is 0 Å². The van der Waals surface area contributed by atoms with Crippen LogP contribution in [0.25, 0.3) is 0 Å². The van der Waals surface area contributed by atoms with Gasteiger partial charge in [0.05, 0.1) is 13.7 Å². The average molecular weight is 288 g/mol. The van der Waals surface area contributed by atoms with Crippen molar-refractivity contribution >= 4 is 17.2 Å². The van der Waals surface area contributed by atoms with Gasteiger partial charge in [-0.3, -0.25) is 4.79 Å². The van der Waals surface area contributed by atoms with Crippen molar-refractivity contribution in [1.82, 2.24) is 9.88 Å². The first kappa shape index (κ1) is 13.1. The zero-order valence-electron chi connectivity index (χ0n) is 11.3. The van der Waals surface area contributed by atoms with Crippen LogP contribution in [0.5, 0.6) is 5.75 Å². The predicted molar refractivity (Wildman–Crippen MR) is 78.0 cm³/mol. The number of benzene rings is 1. The topological polar surface area (TPSA) is 42.4 Å². The van der Waals surface area contributed by atoms with Crippen molar-refractivity contribution in [3.05, 3.63) is 46.4 Å². The lowest BCUT2D eigenvalue weighted by Crippen LogP contribution is -2.32. The smallest absolute Gasteiger partial charge is 0.254 e. The van der Waals surface area contributed by atoms with Gasteiger partial charge in [0, 0.05) is 23.2 Å². The van der Waals surface area contributed by atoms with Crippen molar-refractivity contribution in [2.45, 2.75) is 25.4 Å².